The summed E-state index contributed by atoms with van der Waals surface area (Å²) in [5.41, 5.74) is -0.917. The highest BCUT2D eigenvalue weighted by Crippen LogP contribution is 2.21. The van der Waals surface area contributed by atoms with Crippen LogP contribution in [0, 0.1) is 15.5 Å². The number of carbonyl (C=O) groups is 1. The predicted octanol–water partition coefficient (Wildman–Crippen LogP) is 1.93. The van der Waals surface area contributed by atoms with Gasteiger partial charge in [-0.25, -0.2) is 4.79 Å². The summed E-state index contributed by atoms with van der Waals surface area (Å²) in [4.78, 5) is 20.7. The Morgan fingerprint density at radius 3 is 2.53 bits per heavy atom. The van der Waals surface area contributed by atoms with Crippen LogP contribution in [0.5, 0.6) is 0 Å². The molecule has 1 N–H and O–H groups in total. The van der Waals surface area contributed by atoms with Crippen LogP contribution in [0.2, 0.25) is 0 Å². The van der Waals surface area contributed by atoms with Crippen molar-refractivity contribution in [2.45, 2.75) is 33.7 Å². The van der Waals surface area contributed by atoms with E-state index in [1.165, 1.54) is 4.68 Å². The molecule has 7 heteroatoms. The molecule has 7 nitrogen and oxygen atoms in total. The predicted molar refractivity (Wildman–Crippen MR) is 59.9 cm³/mol. The summed E-state index contributed by atoms with van der Waals surface area (Å²) in [7, 11) is 0. The zero-order valence-corrected chi connectivity index (χ0v) is 10.0. The molecule has 1 aromatic rings. The average molecular weight is 241 g/mol. The lowest BCUT2D eigenvalue weighted by atomic mass is 9.92. The average Bonchev–Trinajstić information content (AvgIpc) is 2.57. The number of hydrogen-bond donors (Lipinski definition) is 1. The van der Waals surface area contributed by atoms with Gasteiger partial charge in [-0.2, -0.15) is 5.10 Å². The fraction of sp³-hybridized carbons (Fsp3) is 0.600. The zero-order valence-electron chi connectivity index (χ0n) is 10.0. The van der Waals surface area contributed by atoms with Gasteiger partial charge in [0.25, 0.3) is 0 Å². The van der Waals surface area contributed by atoms with Crippen LogP contribution in [-0.4, -0.2) is 25.8 Å². The number of aromatic nitrogens is 2. The van der Waals surface area contributed by atoms with E-state index in [0.717, 1.165) is 12.6 Å². The van der Waals surface area contributed by atoms with Crippen molar-refractivity contribution in [1.82, 2.24) is 9.78 Å². The highest BCUT2D eigenvalue weighted by Gasteiger charge is 2.25. The molecule has 0 radical (unpaired) electrons. The van der Waals surface area contributed by atoms with Gasteiger partial charge in [0.2, 0.25) is 5.69 Å². The SMILES string of the molecule is CC(C)(C)CCn1cc([N+](=O)[O-])c(C(=O)O)n1. The molecule has 0 saturated carbocycles. The number of rotatable bonds is 4. The standard InChI is InChI=1S/C10H15N3O4/c1-10(2,3)4-5-12-6-7(13(16)17)8(11-12)9(14)15/h6H,4-5H2,1-3H3,(H,14,15). The maximum atomic E-state index is 10.8. The van der Waals surface area contributed by atoms with Crippen molar-refractivity contribution in [2.75, 3.05) is 0 Å². The minimum Gasteiger partial charge on any atom is -0.476 e. The number of nitro groups is 1. The van der Waals surface area contributed by atoms with Crippen molar-refractivity contribution < 1.29 is 14.8 Å². The van der Waals surface area contributed by atoms with Crippen LogP contribution in [0.1, 0.15) is 37.7 Å². The van der Waals surface area contributed by atoms with Crippen molar-refractivity contribution in [2.24, 2.45) is 5.41 Å². The van der Waals surface area contributed by atoms with E-state index in [1.807, 2.05) is 20.8 Å². The molecule has 0 aliphatic rings. The molecule has 0 fully saturated rings. The third-order valence-corrected chi connectivity index (χ3v) is 2.23. The first-order chi connectivity index (χ1) is 7.70. The van der Waals surface area contributed by atoms with E-state index in [9.17, 15) is 14.9 Å². The van der Waals surface area contributed by atoms with E-state index < -0.39 is 22.3 Å². The molecule has 94 valence electrons. The van der Waals surface area contributed by atoms with Crippen LogP contribution in [-0.2, 0) is 6.54 Å². The van der Waals surface area contributed by atoms with Crippen LogP contribution < -0.4 is 0 Å². The van der Waals surface area contributed by atoms with E-state index in [1.54, 1.807) is 0 Å². The highest BCUT2D eigenvalue weighted by molar-refractivity contribution is 5.89. The second-order valence-corrected chi connectivity index (χ2v) is 5.00. The first-order valence-corrected chi connectivity index (χ1v) is 5.16. The maximum Gasteiger partial charge on any atom is 0.363 e. The monoisotopic (exact) mass is 241 g/mol. The second-order valence-electron chi connectivity index (χ2n) is 5.00. The van der Waals surface area contributed by atoms with Crippen molar-refractivity contribution in [3.8, 4) is 0 Å². The number of nitrogens with zero attached hydrogens (tertiary/aromatic N) is 3. The first-order valence-electron chi connectivity index (χ1n) is 5.16. The summed E-state index contributed by atoms with van der Waals surface area (Å²) in [6.45, 7) is 6.55. The Morgan fingerprint density at radius 2 is 2.18 bits per heavy atom. The van der Waals surface area contributed by atoms with Crippen molar-refractivity contribution in [3.05, 3.63) is 22.0 Å². The summed E-state index contributed by atoms with van der Waals surface area (Å²) in [5, 5.41) is 23.1. The summed E-state index contributed by atoms with van der Waals surface area (Å²) < 4.78 is 1.31. The molecule has 0 amide bonds. The molecule has 0 spiro atoms. The lowest BCUT2D eigenvalue weighted by Gasteiger charge is -2.17. The molecule has 1 heterocycles. The van der Waals surface area contributed by atoms with E-state index in [4.69, 9.17) is 5.11 Å². The van der Waals surface area contributed by atoms with Gasteiger partial charge in [0.15, 0.2) is 0 Å². The molecule has 0 aliphatic heterocycles. The van der Waals surface area contributed by atoms with Crippen molar-refractivity contribution in [1.29, 1.82) is 0 Å². The lowest BCUT2D eigenvalue weighted by Crippen LogP contribution is -2.11. The molecule has 17 heavy (non-hydrogen) atoms. The summed E-state index contributed by atoms with van der Waals surface area (Å²) >= 11 is 0. The summed E-state index contributed by atoms with van der Waals surface area (Å²) in [6.07, 6.45) is 1.92. The summed E-state index contributed by atoms with van der Waals surface area (Å²) in [6, 6.07) is 0. The van der Waals surface area contributed by atoms with Crippen LogP contribution in [0.15, 0.2) is 6.20 Å². The van der Waals surface area contributed by atoms with Crippen LogP contribution >= 0.6 is 0 Å². The molecule has 0 atom stereocenters. The largest absolute Gasteiger partial charge is 0.476 e. The van der Waals surface area contributed by atoms with Crippen molar-refractivity contribution >= 4 is 11.7 Å². The Bertz CT molecular complexity index is 413. The van der Waals surface area contributed by atoms with Gasteiger partial charge >= 0.3 is 11.7 Å². The number of carboxylic acids is 1. The number of aryl methyl sites for hydroxylation is 1. The molecule has 0 unspecified atom stereocenters. The van der Waals surface area contributed by atoms with E-state index in [2.05, 4.69) is 5.10 Å². The van der Waals surface area contributed by atoms with Gasteiger partial charge < -0.3 is 5.11 Å². The van der Waals surface area contributed by atoms with Gasteiger partial charge in [-0.1, -0.05) is 20.8 Å². The molecule has 1 rings (SSSR count). The van der Waals surface area contributed by atoms with E-state index >= 15 is 0 Å². The molecular weight excluding hydrogens is 226 g/mol. The Hall–Kier alpha value is -1.92. The third-order valence-electron chi connectivity index (χ3n) is 2.23. The molecule has 0 bridgehead atoms. The van der Waals surface area contributed by atoms with Gasteiger partial charge in [-0.3, -0.25) is 14.8 Å². The van der Waals surface area contributed by atoms with Crippen LogP contribution in [0.4, 0.5) is 5.69 Å². The number of carboxylic acid groups (broad SMARTS) is 1. The fourth-order valence-electron chi connectivity index (χ4n) is 1.26. The minimum atomic E-state index is -1.38. The molecule has 1 aromatic heterocycles. The number of aromatic carboxylic acids is 1. The highest BCUT2D eigenvalue weighted by atomic mass is 16.6. The van der Waals surface area contributed by atoms with Gasteiger partial charge in [-0.05, 0) is 11.8 Å². The Kier molecular flexibility index (Phi) is 3.50. The quantitative estimate of drug-likeness (QED) is 0.641. The lowest BCUT2D eigenvalue weighted by molar-refractivity contribution is -0.385. The fourth-order valence-corrected chi connectivity index (χ4v) is 1.26. The van der Waals surface area contributed by atoms with Crippen LogP contribution in [0.25, 0.3) is 0 Å². The molecular formula is C10H15N3O4. The number of hydrogen-bond acceptors (Lipinski definition) is 4. The second kappa shape index (κ2) is 4.52. The summed E-state index contributed by atoms with van der Waals surface area (Å²) in [5.74, 6) is -1.38. The van der Waals surface area contributed by atoms with Gasteiger partial charge in [0.05, 0.1) is 4.92 Å². The minimum absolute atomic E-state index is 0.0596. The van der Waals surface area contributed by atoms with E-state index in [-0.39, 0.29) is 5.41 Å². The van der Waals surface area contributed by atoms with Crippen LogP contribution in [0.3, 0.4) is 0 Å². The van der Waals surface area contributed by atoms with E-state index in [0.29, 0.717) is 6.54 Å². The first kappa shape index (κ1) is 13.1. The zero-order chi connectivity index (χ0) is 13.2. The maximum absolute atomic E-state index is 10.8. The Labute approximate surface area is 98.2 Å². The van der Waals surface area contributed by atoms with Crippen molar-refractivity contribution in [3.63, 3.8) is 0 Å². The molecule has 0 aliphatic carbocycles. The Morgan fingerprint density at radius 1 is 1.59 bits per heavy atom. The van der Waals surface area contributed by atoms with Gasteiger partial charge in [0, 0.05) is 6.54 Å². The van der Waals surface area contributed by atoms with Gasteiger partial charge in [0.1, 0.15) is 6.20 Å². The smallest absolute Gasteiger partial charge is 0.363 e. The Balaban J connectivity index is 2.93. The topological polar surface area (TPSA) is 98.3 Å². The van der Waals surface area contributed by atoms with Gasteiger partial charge in [-0.15, -0.1) is 0 Å². The third kappa shape index (κ3) is 3.54. The molecule has 0 saturated heterocycles. The normalized spacial score (nSPS) is 11.5. The molecule has 0 aromatic carbocycles.